The normalized spacial score (nSPS) is 29.8. The molecule has 36 heavy (non-hydrogen) atoms. The number of nitrogens with zero attached hydrogens (tertiary/aromatic N) is 2. The Morgan fingerprint density at radius 1 is 0.917 bits per heavy atom. The first-order valence-corrected chi connectivity index (χ1v) is 13.4. The molecule has 7 heteroatoms. The standard InChI is InChI=1S/C29H39N3O4/c33-25-19-32(17-23-9-5-2-6-10-23)27-12-11-26(36-28(27)21-35-20-25)15-29(34)30-24-13-14-31(18-24)16-22-7-3-1-4-8-22/h1-10,24-28,33H,11-21H2,(H,30,34)/t24-,25+,26+,27+,28-/m1/s1. The smallest absolute Gasteiger partial charge is 0.222 e. The fraction of sp³-hybridized carbons (Fsp3) is 0.552. The quantitative estimate of drug-likeness (QED) is 0.618. The molecule has 5 atom stereocenters. The molecule has 1 amide bonds. The predicted octanol–water partition coefficient (Wildman–Crippen LogP) is 2.58. The number of fused-ring (bicyclic) bond motifs is 1. The van der Waals surface area contributed by atoms with E-state index in [0.717, 1.165) is 45.4 Å². The lowest BCUT2D eigenvalue weighted by atomic mass is 9.94. The molecule has 0 bridgehead atoms. The van der Waals surface area contributed by atoms with Gasteiger partial charge in [-0.25, -0.2) is 0 Å². The molecule has 2 aromatic carbocycles. The van der Waals surface area contributed by atoms with Gasteiger partial charge in [0.05, 0.1) is 37.9 Å². The second kappa shape index (κ2) is 12.3. The first kappa shape index (κ1) is 25.4. The number of rotatable bonds is 7. The van der Waals surface area contributed by atoms with Gasteiger partial charge in [0.15, 0.2) is 0 Å². The Labute approximate surface area is 214 Å². The van der Waals surface area contributed by atoms with Crippen LogP contribution in [0.1, 0.15) is 36.8 Å². The van der Waals surface area contributed by atoms with E-state index in [-0.39, 0.29) is 30.2 Å². The van der Waals surface area contributed by atoms with E-state index in [1.54, 1.807) is 0 Å². The third kappa shape index (κ3) is 6.93. The number of carbonyl (C=O) groups is 1. The summed E-state index contributed by atoms with van der Waals surface area (Å²) in [6, 6.07) is 21.2. The molecular formula is C29H39N3O4. The SMILES string of the molecule is O=C(C[C@@H]1CC[C@H]2[C@@H](COC[C@@H](O)CN2Cc2ccccc2)O1)N[C@@H]1CCN(Cc2ccccc2)C1. The first-order chi connectivity index (χ1) is 17.6. The summed E-state index contributed by atoms with van der Waals surface area (Å²) >= 11 is 0. The van der Waals surface area contributed by atoms with Gasteiger partial charge in [-0.3, -0.25) is 14.6 Å². The molecule has 3 heterocycles. The minimum Gasteiger partial charge on any atom is -0.389 e. The third-order valence-electron chi connectivity index (χ3n) is 7.62. The van der Waals surface area contributed by atoms with E-state index in [0.29, 0.717) is 26.2 Å². The molecule has 3 fully saturated rings. The van der Waals surface area contributed by atoms with Crippen molar-refractivity contribution in [1.29, 1.82) is 0 Å². The molecule has 0 aromatic heterocycles. The number of amides is 1. The number of hydrogen-bond acceptors (Lipinski definition) is 6. The second-order valence-corrected chi connectivity index (χ2v) is 10.5. The maximum Gasteiger partial charge on any atom is 0.222 e. The van der Waals surface area contributed by atoms with Gasteiger partial charge in [-0.15, -0.1) is 0 Å². The van der Waals surface area contributed by atoms with Crippen LogP contribution in [0.4, 0.5) is 0 Å². The van der Waals surface area contributed by atoms with E-state index in [4.69, 9.17) is 9.47 Å². The molecule has 0 unspecified atom stereocenters. The lowest BCUT2D eigenvalue weighted by Gasteiger charge is -2.44. The fourth-order valence-electron chi connectivity index (χ4n) is 5.87. The molecule has 2 N–H and O–H groups in total. The van der Waals surface area contributed by atoms with Gasteiger partial charge >= 0.3 is 0 Å². The Balaban J connectivity index is 1.11. The summed E-state index contributed by atoms with van der Waals surface area (Å²) in [6.07, 6.45) is 2.44. The molecule has 3 aliphatic rings. The van der Waals surface area contributed by atoms with Crippen LogP contribution >= 0.6 is 0 Å². The summed E-state index contributed by atoms with van der Waals surface area (Å²) in [6.45, 7) is 4.91. The highest BCUT2D eigenvalue weighted by Crippen LogP contribution is 2.29. The number of β-amino-alcohol motifs (C(OH)–C–C–N with tert-alkyl or cyclic N) is 1. The van der Waals surface area contributed by atoms with E-state index in [1.165, 1.54) is 11.1 Å². The monoisotopic (exact) mass is 493 g/mol. The maximum atomic E-state index is 12.9. The average Bonchev–Trinajstić information content (AvgIpc) is 3.30. The zero-order chi connectivity index (χ0) is 24.7. The van der Waals surface area contributed by atoms with Crippen LogP contribution in [-0.2, 0) is 27.4 Å². The van der Waals surface area contributed by atoms with Crippen molar-refractivity contribution >= 4 is 5.91 Å². The Hall–Kier alpha value is -2.29. The Morgan fingerprint density at radius 2 is 1.64 bits per heavy atom. The third-order valence-corrected chi connectivity index (χ3v) is 7.62. The van der Waals surface area contributed by atoms with Gasteiger partial charge < -0.3 is 19.9 Å². The number of aliphatic hydroxyl groups is 1. The highest BCUT2D eigenvalue weighted by Gasteiger charge is 2.38. The zero-order valence-electron chi connectivity index (χ0n) is 21.0. The van der Waals surface area contributed by atoms with Crippen molar-refractivity contribution in [2.24, 2.45) is 0 Å². The van der Waals surface area contributed by atoms with Crippen LogP contribution in [0.3, 0.4) is 0 Å². The van der Waals surface area contributed by atoms with Crippen molar-refractivity contribution in [3.05, 3.63) is 71.8 Å². The predicted molar refractivity (Wildman–Crippen MR) is 138 cm³/mol. The van der Waals surface area contributed by atoms with E-state index < -0.39 is 6.10 Å². The Bertz CT molecular complexity index is 960. The van der Waals surface area contributed by atoms with Gasteiger partial charge in [-0.2, -0.15) is 0 Å². The molecule has 5 rings (SSSR count). The highest BCUT2D eigenvalue weighted by molar-refractivity contribution is 5.76. The zero-order valence-corrected chi connectivity index (χ0v) is 21.0. The molecule has 194 valence electrons. The molecule has 3 aliphatic heterocycles. The van der Waals surface area contributed by atoms with Crippen molar-refractivity contribution in [2.45, 2.75) is 69.2 Å². The minimum atomic E-state index is -0.508. The van der Waals surface area contributed by atoms with Gasteiger partial charge in [0.25, 0.3) is 0 Å². The number of ether oxygens (including phenoxy) is 2. The van der Waals surface area contributed by atoms with Crippen molar-refractivity contribution in [3.8, 4) is 0 Å². The summed E-state index contributed by atoms with van der Waals surface area (Å²) < 4.78 is 12.2. The molecule has 7 nitrogen and oxygen atoms in total. The maximum absolute atomic E-state index is 12.9. The van der Waals surface area contributed by atoms with Gasteiger partial charge in [0, 0.05) is 44.8 Å². The second-order valence-electron chi connectivity index (χ2n) is 10.5. The number of hydrogen-bond donors (Lipinski definition) is 2. The number of benzene rings is 2. The molecule has 0 spiro atoms. The Kier molecular flexibility index (Phi) is 8.67. The topological polar surface area (TPSA) is 74.3 Å². The first-order valence-electron chi connectivity index (χ1n) is 13.4. The van der Waals surface area contributed by atoms with Crippen molar-refractivity contribution in [3.63, 3.8) is 0 Å². The lowest BCUT2D eigenvalue weighted by Crippen LogP contribution is -2.55. The average molecular weight is 494 g/mol. The van der Waals surface area contributed by atoms with E-state index in [9.17, 15) is 9.90 Å². The summed E-state index contributed by atoms with van der Waals surface area (Å²) in [7, 11) is 0. The van der Waals surface area contributed by atoms with Gasteiger partial charge in [0.1, 0.15) is 0 Å². The molecule has 2 aromatic rings. The van der Waals surface area contributed by atoms with Crippen LogP contribution in [0.2, 0.25) is 0 Å². The van der Waals surface area contributed by atoms with Crippen LogP contribution in [0, 0.1) is 0 Å². The van der Waals surface area contributed by atoms with Gasteiger partial charge in [-0.1, -0.05) is 60.7 Å². The molecule has 0 aliphatic carbocycles. The summed E-state index contributed by atoms with van der Waals surface area (Å²) in [5.41, 5.74) is 2.54. The fourth-order valence-corrected chi connectivity index (χ4v) is 5.87. The van der Waals surface area contributed by atoms with Crippen LogP contribution < -0.4 is 5.32 Å². The highest BCUT2D eigenvalue weighted by atomic mass is 16.5. The molecule has 0 saturated carbocycles. The largest absolute Gasteiger partial charge is 0.389 e. The van der Waals surface area contributed by atoms with Crippen molar-refractivity contribution in [2.75, 3.05) is 32.8 Å². The number of carbonyl (C=O) groups excluding carboxylic acids is 1. The van der Waals surface area contributed by atoms with Crippen LogP contribution in [0.15, 0.2) is 60.7 Å². The van der Waals surface area contributed by atoms with E-state index in [1.807, 2.05) is 24.3 Å². The van der Waals surface area contributed by atoms with E-state index in [2.05, 4.69) is 51.5 Å². The number of nitrogens with one attached hydrogen (secondary N) is 1. The van der Waals surface area contributed by atoms with E-state index >= 15 is 0 Å². The van der Waals surface area contributed by atoms with Crippen LogP contribution in [0.5, 0.6) is 0 Å². The van der Waals surface area contributed by atoms with Crippen molar-refractivity contribution < 1.29 is 19.4 Å². The number of likely N-dealkylation sites (tertiary alicyclic amines) is 1. The summed E-state index contributed by atoms with van der Waals surface area (Å²) in [5.74, 6) is 0.0772. The molecular weight excluding hydrogens is 454 g/mol. The lowest BCUT2D eigenvalue weighted by molar-refractivity contribution is -0.158. The summed E-state index contributed by atoms with van der Waals surface area (Å²) in [5, 5.41) is 13.6. The molecule has 0 radical (unpaired) electrons. The Morgan fingerprint density at radius 3 is 2.39 bits per heavy atom. The van der Waals surface area contributed by atoms with Crippen LogP contribution in [0.25, 0.3) is 0 Å². The molecule has 3 saturated heterocycles. The van der Waals surface area contributed by atoms with Crippen molar-refractivity contribution in [1.82, 2.24) is 15.1 Å². The minimum absolute atomic E-state index is 0.0772. The summed E-state index contributed by atoms with van der Waals surface area (Å²) in [4.78, 5) is 17.6. The van der Waals surface area contributed by atoms with Gasteiger partial charge in [0.2, 0.25) is 5.91 Å². The number of aliphatic hydroxyl groups excluding tert-OH is 1. The van der Waals surface area contributed by atoms with Gasteiger partial charge in [-0.05, 0) is 30.4 Å². The van der Waals surface area contributed by atoms with Crippen LogP contribution in [-0.4, -0.2) is 84.1 Å².